The second-order valence-corrected chi connectivity index (χ2v) is 13.8. The number of aliphatic carboxylic acids is 1. The van der Waals surface area contributed by atoms with Gasteiger partial charge in [0.1, 0.15) is 12.1 Å². The van der Waals surface area contributed by atoms with Gasteiger partial charge in [-0.15, -0.1) is 0 Å². The summed E-state index contributed by atoms with van der Waals surface area (Å²) in [6.07, 6.45) is 29.7. The average Bonchev–Trinajstić information content (AvgIpc) is 3.03. The molecule has 10 nitrogen and oxygen atoms in total. The molecule has 0 rings (SSSR count). The summed E-state index contributed by atoms with van der Waals surface area (Å²) < 4.78 is 33.1. The highest BCUT2D eigenvalue weighted by Gasteiger charge is 2.27. The highest BCUT2D eigenvalue weighted by atomic mass is 31.2. The van der Waals surface area contributed by atoms with Crippen LogP contribution in [0, 0.1) is 0 Å². The Bertz CT molecular complexity index is 796. The Labute approximate surface area is 280 Å². The molecule has 0 aromatic heterocycles. The van der Waals surface area contributed by atoms with Crippen molar-refractivity contribution in [1.82, 2.24) is 0 Å². The van der Waals surface area contributed by atoms with Crippen molar-refractivity contribution in [2.24, 2.45) is 5.73 Å². The predicted octanol–water partition coefficient (Wildman–Crippen LogP) is 9.03. The summed E-state index contributed by atoms with van der Waals surface area (Å²) in [7, 11) is -4.60. The number of rotatable bonds is 35. The number of esters is 1. The fraction of sp³-hybridized carbons (Fsp3) is 0.886. The molecule has 0 aliphatic carbocycles. The minimum atomic E-state index is -4.60. The van der Waals surface area contributed by atoms with Gasteiger partial charge in [-0.05, 0) is 32.1 Å². The molecular formula is C35H68NO9P. The first-order valence-corrected chi connectivity index (χ1v) is 19.7. The number of hydrogen-bond acceptors (Lipinski definition) is 8. The second-order valence-electron chi connectivity index (χ2n) is 12.4. The van der Waals surface area contributed by atoms with E-state index in [1.807, 2.05) is 0 Å². The standard InChI is InChI=1S/C35H68NO9P/c1-3-5-7-9-11-13-15-17-19-21-23-25-27-34(37)45-32(30-43-46(40,41)44-31-33(36)35(38)39)29-42-28-26-24-22-20-18-16-14-12-10-8-6-4-2/h10,12,32-33H,3-9,11,13-31,36H2,1-2H3,(H,38,39)(H,40,41)/b12-10-. The molecule has 0 aliphatic heterocycles. The first-order valence-electron chi connectivity index (χ1n) is 18.2. The summed E-state index contributed by atoms with van der Waals surface area (Å²) in [5, 5.41) is 8.84. The van der Waals surface area contributed by atoms with Gasteiger partial charge in [-0.25, -0.2) is 4.57 Å². The Morgan fingerprint density at radius 1 is 0.674 bits per heavy atom. The first kappa shape index (κ1) is 44.7. The van der Waals surface area contributed by atoms with Gasteiger partial charge in [0.05, 0.1) is 19.8 Å². The third-order valence-electron chi connectivity index (χ3n) is 7.79. The summed E-state index contributed by atoms with van der Waals surface area (Å²) in [6, 6.07) is -1.47. The van der Waals surface area contributed by atoms with Crippen LogP contribution in [0.1, 0.15) is 162 Å². The number of phosphoric acid groups is 1. The van der Waals surface area contributed by atoms with Gasteiger partial charge in [-0.1, -0.05) is 135 Å². The molecule has 3 atom stereocenters. The first-order chi connectivity index (χ1) is 22.2. The summed E-state index contributed by atoms with van der Waals surface area (Å²) in [6.45, 7) is 3.82. The Hall–Kier alpha value is -1.29. The maximum Gasteiger partial charge on any atom is 0.472 e. The maximum absolute atomic E-state index is 12.5. The average molecular weight is 678 g/mol. The van der Waals surface area contributed by atoms with E-state index in [9.17, 15) is 19.0 Å². The topological polar surface area (TPSA) is 155 Å². The fourth-order valence-electron chi connectivity index (χ4n) is 4.88. The molecule has 0 bridgehead atoms. The van der Waals surface area contributed by atoms with E-state index in [-0.39, 0.29) is 13.0 Å². The van der Waals surface area contributed by atoms with Crippen LogP contribution in [-0.2, 0) is 32.7 Å². The third-order valence-corrected chi connectivity index (χ3v) is 8.75. The highest BCUT2D eigenvalue weighted by Crippen LogP contribution is 2.43. The quantitative estimate of drug-likeness (QED) is 0.0256. The number of carbonyl (C=O) groups excluding carboxylic acids is 1. The Morgan fingerprint density at radius 3 is 1.72 bits per heavy atom. The van der Waals surface area contributed by atoms with Crippen LogP contribution in [-0.4, -0.2) is 60.5 Å². The van der Waals surface area contributed by atoms with Crippen molar-refractivity contribution in [3.8, 4) is 0 Å². The molecule has 4 N–H and O–H groups in total. The molecule has 0 aromatic rings. The van der Waals surface area contributed by atoms with Gasteiger partial charge in [0.2, 0.25) is 0 Å². The molecule has 0 heterocycles. The zero-order valence-corrected chi connectivity index (χ0v) is 30.1. The van der Waals surface area contributed by atoms with Crippen LogP contribution in [0.3, 0.4) is 0 Å². The van der Waals surface area contributed by atoms with Gasteiger partial charge in [0.25, 0.3) is 0 Å². The largest absolute Gasteiger partial charge is 0.480 e. The number of carboxylic acid groups (broad SMARTS) is 1. The highest BCUT2D eigenvalue weighted by molar-refractivity contribution is 7.47. The molecule has 11 heteroatoms. The molecule has 3 unspecified atom stereocenters. The number of allylic oxidation sites excluding steroid dienone is 2. The molecule has 0 saturated heterocycles. The number of nitrogens with two attached hydrogens (primary N) is 1. The van der Waals surface area contributed by atoms with Crippen molar-refractivity contribution >= 4 is 19.8 Å². The molecule has 46 heavy (non-hydrogen) atoms. The lowest BCUT2D eigenvalue weighted by Crippen LogP contribution is -2.34. The van der Waals surface area contributed by atoms with E-state index in [2.05, 4.69) is 30.5 Å². The smallest absolute Gasteiger partial charge is 0.472 e. The predicted molar refractivity (Wildman–Crippen MR) is 185 cm³/mol. The number of carbonyl (C=O) groups is 2. The molecule has 0 amide bonds. The van der Waals surface area contributed by atoms with Crippen molar-refractivity contribution in [3.63, 3.8) is 0 Å². The van der Waals surface area contributed by atoms with Gasteiger partial charge in [0, 0.05) is 13.0 Å². The fourth-order valence-corrected chi connectivity index (χ4v) is 5.66. The molecule has 0 saturated carbocycles. The minimum absolute atomic E-state index is 0.0171. The van der Waals surface area contributed by atoms with E-state index in [1.54, 1.807) is 0 Å². The number of phosphoric ester groups is 1. The van der Waals surface area contributed by atoms with Gasteiger partial charge in [-0.3, -0.25) is 18.6 Å². The third kappa shape index (κ3) is 31.3. The lowest BCUT2D eigenvalue weighted by molar-refractivity contribution is -0.154. The van der Waals surface area contributed by atoms with Crippen molar-refractivity contribution in [2.75, 3.05) is 26.4 Å². The zero-order valence-electron chi connectivity index (χ0n) is 29.2. The number of unbranched alkanes of at least 4 members (excludes halogenated alkanes) is 19. The molecule has 0 radical (unpaired) electrons. The Kier molecular flexibility index (Phi) is 31.4. The summed E-state index contributed by atoms with van der Waals surface area (Å²) in [5.41, 5.74) is 5.33. The van der Waals surface area contributed by atoms with Crippen LogP contribution in [0.25, 0.3) is 0 Å². The lowest BCUT2D eigenvalue weighted by Gasteiger charge is -2.20. The molecule has 0 fully saturated rings. The number of ether oxygens (including phenoxy) is 2. The zero-order chi connectivity index (χ0) is 34.1. The van der Waals surface area contributed by atoms with Crippen LogP contribution < -0.4 is 5.73 Å². The molecule has 0 aliphatic rings. The molecular weight excluding hydrogens is 609 g/mol. The monoisotopic (exact) mass is 677 g/mol. The van der Waals surface area contributed by atoms with Gasteiger partial charge in [-0.2, -0.15) is 0 Å². The normalized spacial score (nSPS) is 14.3. The van der Waals surface area contributed by atoms with Crippen molar-refractivity contribution in [2.45, 2.75) is 174 Å². The van der Waals surface area contributed by atoms with Crippen LogP contribution in [0.2, 0.25) is 0 Å². The van der Waals surface area contributed by atoms with E-state index in [4.69, 9.17) is 24.8 Å². The maximum atomic E-state index is 12.5. The van der Waals surface area contributed by atoms with Crippen LogP contribution >= 0.6 is 7.82 Å². The number of carboxylic acids is 1. The lowest BCUT2D eigenvalue weighted by atomic mass is 10.0. The van der Waals surface area contributed by atoms with Crippen molar-refractivity contribution in [1.29, 1.82) is 0 Å². The second kappa shape index (κ2) is 32.3. The van der Waals surface area contributed by atoms with Gasteiger partial charge >= 0.3 is 19.8 Å². The SMILES string of the molecule is CCCC/C=C\CCCCCCCCOCC(COP(=O)(O)OCC(N)C(=O)O)OC(=O)CCCCCCCCCCCCCC. The summed E-state index contributed by atoms with van der Waals surface area (Å²) in [4.78, 5) is 33.3. The summed E-state index contributed by atoms with van der Waals surface area (Å²) >= 11 is 0. The van der Waals surface area contributed by atoms with E-state index in [1.165, 1.54) is 96.3 Å². The van der Waals surface area contributed by atoms with Crippen LogP contribution in [0.4, 0.5) is 0 Å². The number of hydrogen-bond donors (Lipinski definition) is 3. The molecule has 0 spiro atoms. The van der Waals surface area contributed by atoms with E-state index >= 15 is 0 Å². The van der Waals surface area contributed by atoms with E-state index < -0.39 is 45.1 Å². The van der Waals surface area contributed by atoms with Crippen molar-refractivity contribution < 1.29 is 42.7 Å². The summed E-state index contributed by atoms with van der Waals surface area (Å²) in [5.74, 6) is -1.78. The van der Waals surface area contributed by atoms with Crippen LogP contribution in [0.5, 0.6) is 0 Å². The van der Waals surface area contributed by atoms with E-state index in [0.29, 0.717) is 13.0 Å². The van der Waals surface area contributed by atoms with Gasteiger partial charge < -0.3 is 25.2 Å². The molecule has 272 valence electrons. The Morgan fingerprint density at radius 2 is 1.15 bits per heavy atom. The minimum Gasteiger partial charge on any atom is -0.480 e. The van der Waals surface area contributed by atoms with Crippen molar-refractivity contribution in [3.05, 3.63) is 12.2 Å². The molecule has 0 aromatic carbocycles. The van der Waals surface area contributed by atoms with E-state index in [0.717, 1.165) is 38.5 Å². The van der Waals surface area contributed by atoms with Gasteiger partial charge in [0.15, 0.2) is 0 Å². The Balaban J connectivity index is 4.33. The van der Waals surface area contributed by atoms with Crippen LogP contribution in [0.15, 0.2) is 12.2 Å².